The van der Waals surface area contributed by atoms with Crippen molar-refractivity contribution in [1.82, 2.24) is 5.43 Å². The van der Waals surface area contributed by atoms with E-state index < -0.39 is 0 Å². The van der Waals surface area contributed by atoms with Crippen LogP contribution in [-0.2, 0) is 6.42 Å². The van der Waals surface area contributed by atoms with E-state index in [2.05, 4.69) is 22.9 Å². The van der Waals surface area contributed by atoms with Gasteiger partial charge in [-0.15, -0.1) is 11.3 Å². The van der Waals surface area contributed by atoms with Gasteiger partial charge in [0.15, 0.2) is 0 Å². The molecule has 1 atom stereocenters. The summed E-state index contributed by atoms with van der Waals surface area (Å²) in [4.78, 5) is 1.38. The standard InChI is InChI=1S/C14H17FN2S/c15-12-5-1-4-11(10-12)14(17-16)8-2-6-13-7-3-9-18-13/h1,3-5,7,9-10,14,17H,2,6,8,16H2. The lowest BCUT2D eigenvalue weighted by Crippen LogP contribution is -2.28. The van der Waals surface area contributed by atoms with Crippen LogP contribution in [0, 0.1) is 5.82 Å². The molecule has 2 nitrogen and oxygen atoms in total. The Balaban J connectivity index is 1.89. The minimum absolute atomic E-state index is 0.0145. The molecule has 0 aliphatic heterocycles. The van der Waals surface area contributed by atoms with Gasteiger partial charge in [-0.05, 0) is 48.4 Å². The number of nitrogens with one attached hydrogen (secondary N) is 1. The van der Waals surface area contributed by atoms with E-state index in [1.165, 1.54) is 17.0 Å². The average Bonchev–Trinajstić information content (AvgIpc) is 2.88. The number of thiophene rings is 1. The van der Waals surface area contributed by atoms with Crippen molar-refractivity contribution in [1.29, 1.82) is 0 Å². The highest BCUT2D eigenvalue weighted by Gasteiger charge is 2.10. The number of rotatable bonds is 6. The monoisotopic (exact) mass is 264 g/mol. The van der Waals surface area contributed by atoms with Gasteiger partial charge in [0.05, 0.1) is 0 Å². The van der Waals surface area contributed by atoms with Crippen LogP contribution in [0.5, 0.6) is 0 Å². The molecule has 0 saturated carbocycles. The number of nitrogens with two attached hydrogens (primary N) is 1. The minimum atomic E-state index is -0.217. The van der Waals surface area contributed by atoms with Gasteiger partial charge >= 0.3 is 0 Å². The van der Waals surface area contributed by atoms with E-state index in [1.807, 2.05) is 6.07 Å². The molecule has 0 spiro atoms. The third-order valence-electron chi connectivity index (χ3n) is 2.95. The van der Waals surface area contributed by atoms with Gasteiger partial charge in [0, 0.05) is 10.9 Å². The number of benzene rings is 1. The Hall–Kier alpha value is -1.23. The van der Waals surface area contributed by atoms with Crippen molar-refractivity contribution in [2.75, 3.05) is 0 Å². The fraction of sp³-hybridized carbons (Fsp3) is 0.286. The molecule has 0 aliphatic carbocycles. The van der Waals surface area contributed by atoms with E-state index >= 15 is 0 Å². The second-order valence-corrected chi connectivity index (χ2v) is 5.28. The molecule has 0 radical (unpaired) electrons. The third-order valence-corrected chi connectivity index (χ3v) is 3.88. The number of aryl methyl sites for hydroxylation is 1. The molecule has 0 bridgehead atoms. The smallest absolute Gasteiger partial charge is 0.123 e. The van der Waals surface area contributed by atoms with Gasteiger partial charge in [0.1, 0.15) is 5.82 Å². The first kappa shape index (κ1) is 13.2. The molecule has 1 heterocycles. The molecule has 3 N–H and O–H groups in total. The highest BCUT2D eigenvalue weighted by Crippen LogP contribution is 2.20. The predicted molar refractivity (Wildman–Crippen MR) is 73.7 cm³/mol. The molecular formula is C14H17FN2S. The summed E-state index contributed by atoms with van der Waals surface area (Å²) >= 11 is 1.77. The molecule has 4 heteroatoms. The molecular weight excluding hydrogens is 247 g/mol. The minimum Gasteiger partial charge on any atom is -0.271 e. The largest absolute Gasteiger partial charge is 0.271 e. The summed E-state index contributed by atoms with van der Waals surface area (Å²) in [7, 11) is 0. The van der Waals surface area contributed by atoms with E-state index in [-0.39, 0.29) is 11.9 Å². The van der Waals surface area contributed by atoms with Gasteiger partial charge in [-0.25, -0.2) is 4.39 Å². The van der Waals surface area contributed by atoms with Crippen LogP contribution in [0.4, 0.5) is 4.39 Å². The van der Waals surface area contributed by atoms with Gasteiger partial charge in [-0.3, -0.25) is 11.3 Å². The van der Waals surface area contributed by atoms with Crippen LogP contribution >= 0.6 is 11.3 Å². The Bertz CT molecular complexity index is 470. The molecule has 18 heavy (non-hydrogen) atoms. The van der Waals surface area contributed by atoms with Gasteiger partial charge in [-0.1, -0.05) is 18.2 Å². The number of hydrogen-bond donors (Lipinski definition) is 2. The Labute approximate surface area is 111 Å². The van der Waals surface area contributed by atoms with Crippen molar-refractivity contribution in [2.45, 2.75) is 25.3 Å². The fourth-order valence-corrected chi connectivity index (χ4v) is 2.76. The van der Waals surface area contributed by atoms with Crippen molar-refractivity contribution < 1.29 is 4.39 Å². The number of hydrazine groups is 1. The second-order valence-electron chi connectivity index (χ2n) is 4.25. The Kier molecular flexibility index (Phi) is 4.87. The molecule has 1 unspecified atom stereocenters. The van der Waals surface area contributed by atoms with Crippen molar-refractivity contribution in [3.8, 4) is 0 Å². The first-order valence-corrected chi connectivity index (χ1v) is 6.91. The fourth-order valence-electron chi connectivity index (χ4n) is 2.00. The van der Waals surface area contributed by atoms with Crippen LogP contribution in [0.15, 0.2) is 41.8 Å². The predicted octanol–water partition coefficient (Wildman–Crippen LogP) is 3.41. The molecule has 0 aliphatic rings. The summed E-state index contributed by atoms with van der Waals surface area (Å²) in [5.74, 6) is 5.33. The topological polar surface area (TPSA) is 38.0 Å². The zero-order valence-corrected chi connectivity index (χ0v) is 10.9. The molecule has 96 valence electrons. The SMILES string of the molecule is NNC(CCCc1cccs1)c1cccc(F)c1. The molecule has 1 aromatic heterocycles. The van der Waals surface area contributed by atoms with Crippen molar-refractivity contribution >= 4 is 11.3 Å². The van der Waals surface area contributed by atoms with E-state index in [0.29, 0.717) is 0 Å². The molecule has 2 rings (SSSR count). The van der Waals surface area contributed by atoms with E-state index in [1.54, 1.807) is 17.4 Å². The second kappa shape index (κ2) is 6.64. The van der Waals surface area contributed by atoms with Crippen LogP contribution in [0.1, 0.15) is 29.3 Å². The average molecular weight is 264 g/mol. The maximum atomic E-state index is 13.1. The van der Waals surface area contributed by atoms with Gasteiger partial charge in [0.25, 0.3) is 0 Å². The summed E-state index contributed by atoms with van der Waals surface area (Å²) in [5.41, 5.74) is 3.67. The van der Waals surface area contributed by atoms with E-state index in [9.17, 15) is 4.39 Å². The van der Waals surface area contributed by atoms with Crippen LogP contribution in [0.3, 0.4) is 0 Å². The van der Waals surface area contributed by atoms with E-state index in [0.717, 1.165) is 24.8 Å². The zero-order valence-electron chi connectivity index (χ0n) is 10.1. The summed E-state index contributed by atoms with van der Waals surface area (Å²) < 4.78 is 13.1. The van der Waals surface area contributed by atoms with Crippen LogP contribution in [0.2, 0.25) is 0 Å². The van der Waals surface area contributed by atoms with Gasteiger partial charge in [-0.2, -0.15) is 0 Å². The Morgan fingerprint density at radius 1 is 1.28 bits per heavy atom. The Morgan fingerprint density at radius 3 is 2.83 bits per heavy atom. The summed E-state index contributed by atoms with van der Waals surface area (Å²) in [5, 5.41) is 2.08. The maximum Gasteiger partial charge on any atom is 0.123 e. The lowest BCUT2D eigenvalue weighted by Gasteiger charge is -2.16. The van der Waals surface area contributed by atoms with Crippen molar-refractivity contribution in [3.05, 3.63) is 58.0 Å². The lowest BCUT2D eigenvalue weighted by atomic mass is 10.0. The maximum absolute atomic E-state index is 13.1. The first-order chi connectivity index (χ1) is 8.79. The highest BCUT2D eigenvalue weighted by molar-refractivity contribution is 7.09. The summed E-state index contributed by atoms with van der Waals surface area (Å²) in [6, 6.07) is 10.8. The number of halogens is 1. The number of hydrogen-bond acceptors (Lipinski definition) is 3. The van der Waals surface area contributed by atoms with Gasteiger partial charge < -0.3 is 0 Å². The van der Waals surface area contributed by atoms with Crippen LogP contribution in [0.25, 0.3) is 0 Å². The molecule has 0 amide bonds. The molecule has 2 aromatic rings. The summed E-state index contributed by atoms with van der Waals surface area (Å²) in [6.07, 6.45) is 2.98. The Morgan fingerprint density at radius 2 is 2.17 bits per heavy atom. The normalized spacial score (nSPS) is 12.6. The van der Waals surface area contributed by atoms with E-state index in [4.69, 9.17) is 5.84 Å². The van der Waals surface area contributed by atoms with Gasteiger partial charge in [0.2, 0.25) is 0 Å². The van der Waals surface area contributed by atoms with Crippen LogP contribution in [-0.4, -0.2) is 0 Å². The quantitative estimate of drug-likeness (QED) is 0.620. The molecule has 0 saturated heterocycles. The van der Waals surface area contributed by atoms with Crippen molar-refractivity contribution in [3.63, 3.8) is 0 Å². The van der Waals surface area contributed by atoms with Crippen molar-refractivity contribution in [2.24, 2.45) is 5.84 Å². The highest BCUT2D eigenvalue weighted by atomic mass is 32.1. The van der Waals surface area contributed by atoms with Crippen LogP contribution < -0.4 is 11.3 Å². The summed E-state index contributed by atoms with van der Waals surface area (Å²) in [6.45, 7) is 0. The lowest BCUT2D eigenvalue weighted by molar-refractivity contribution is 0.496. The first-order valence-electron chi connectivity index (χ1n) is 6.03. The third kappa shape index (κ3) is 3.63. The molecule has 0 fully saturated rings. The molecule has 1 aromatic carbocycles. The zero-order chi connectivity index (χ0) is 12.8.